The lowest BCUT2D eigenvalue weighted by atomic mass is 10.2. The summed E-state index contributed by atoms with van der Waals surface area (Å²) >= 11 is 5.82. The van der Waals surface area contributed by atoms with Gasteiger partial charge in [-0.05, 0) is 60.7 Å². The molecule has 0 aliphatic heterocycles. The first-order valence-electron chi connectivity index (χ1n) is 8.86. The number of ether oxygens (including phenoxy) is 3. The number of hydrogen-bond donors (Lipinski definition) is 0. The zero-order valence-corrected chi connectivity index (χ0v) is 16.0. The van der Waals surface area contributed by atoms with Gasteiger partial charge in [-0.2, -0.15) is 13.2 Å². The molecule has 3 aromatic carbocycles. The normalized spacial score (nSPS) is 11.2. The Labute approximate surface area is 171 Å². The number of halogens is 4. The minimum atomic E-state index is -4.37. The van der Waals surface area contributed by atoms with Gasteiger partial charge in [-0.1, -0.05) is 17.7 Å². The van der Waals surface area contributed by atoms with Crippen LogP contribution in [0.3, 0.4) is 0 Å². The van der Waals surface area contributed by atoms with Crippen molar-refractivity contribution < 1.29 is 27.4 Å². The Morgan fingerprint density at radius 1 is 0.690 bits per heavy atom. The van der Waals surface area contributed by atoms with E-state index in [2.05, 4.69) is 0 Å². The lowest BCUT2D eigenvalue weighted by Crippen LogP contribution is -2.05. The van der Waals surface area contributed by atoms with Gasteiger partial charge in [-0.3, -0.25) is 0 Å². The van der Waals surface area contributed by atoms with Gasteiger partial charge in [0.15, 0.2) is 0 Å². The minimum absolute atomic E-state index is 0.312. The van der Waals surface area contributed by atoms with Crippen LogP contribution in [-0.2, 0) is 6.18 Å². The van der Waals surface area contributed by atoms with Crippen LogP contribution < -0.4 is 14.2 Å². The Balaban J connectivity index is 1.46. The van der Waals surface area contributed by atoms with E-state index in [0.29, 0.717) is 41.9 Å². The molecule has 152 valence electrons. The van der Waals surface area contributed by atoms with Crippen molar-refractivity contribution in [3.05, 3.63) is 83.4 Å². The molecule has 0 fully saturated rings. The predicted octanol–water partition coefficient (Wildman–Crippen LogP) is 7.00. The van der Waals surface area contributed by atoms with Crippen molar-refractivity contribution in [2.45, 2.75) is 12.6 Å². The summed E-state index contributed by atoms with van der Waals surface area (Å²) in [6, 6.07) is 18.5. The van der Waals surface area contributed by atoms with Crippen molar-refractivity contribution >= 4 is 11.6 Å². The number of benzene rings is 3. The Hall–Kier alpha value is -2.86. The fourth-order valence-electron chi connectivity index (χ4n) is 2.45. The summed E-state index contributed by atoms with van der Waals surface area (Å²) in [5.41, 5.74) is -0.720. The fraction of sp³-hybridized carbons (Fsp3) is 0.182. The monoisotopic (exact) mass is 422 g/mol. The SMILES string of the molecule is FC(F)(F)c1ccc(Oc2cccc(OCCCOc3ccc(Cl)cc3)c2)cc1. The van der Waals surface area contributed by atoms with Crippen LogP contribution in [0.2, 0.25) is 5.02 Å². The Morgan fingerprint density at radius 3 is 1.93 bits per heavy atom. The lowest BCUT2D eigenvalue weighted by Gasteiger charge is -2.11. The third-order valence-corrected chi connectivity index (χ3v) is 4.11. The second kappa shape index (κ2) is 9.56. The first-order valence-corrected chi connectivity index (χ1v) is 9.24. The highest BCUT2D eigenvalue weighted by molar-refractivity contribution is 6.30. The van der Waals surface area contributed by atoms with Crippen LogP contribution >= 0.6 is 11.6 Å². The van der Waals surface area contributed by atoms with Crippen LogP contribution in [-0.4, -0.2) is 13.2 Å². The van der Waals surface area contributed by atoms with Crippen LogP contribution in [0, 0.1) is 0 Å². The summed E-state index contributed by atoms with van der Waals surface area (Å²) in [7, 11) is 0. The Kier molecular flexibility index (Phi) is 6.88. The van der Waals surface area contributed by atoms with Gasteiger partial charge in [0.05, 0.1) is 18.8 Å². The number of hydrogen-bond acceptors (Lipinski definition) is 3. The number of alkyl halides is 3. The maximum absolute atomic E-state index is 12.6. The minimum Gasteiger partial charge on any atom is -0.493 e. The van der Waals surface area contributed by atoms with Crippen molar-refractivity contribution in [3.8, 4) is 23.0 Å². The van der Waals surface area contributed by atoms with Crippen LogP contribution in [0.5, 0.6) is 23.0 Å². The summed E-state index contributed by atoms with van der Waals surface area (Å²) in [5, 5.41) is 0.652. The molecule has 0 radical (unpaired) electrons. The van der Waals surface area contributed by atoms with Gasteiger partial charge in [0.1, 0.15) is 23.0 Å². The van der Waals surface area contributed by atoms with Crippen molar-refractivity contribution in [1.29, 1.82) is 0 Å². The Bertz CT molecular complexity index is 910. The highest BCUT2D eigenvalue weighted by atomic mass is 35.5. The molecular formula is C22H18ClF3O3. The smallest absolute Gasteiger partial charge is 0.416 e. The molecule has 0 amide bonds. The first kappa shape index (κ1) is 20.9. The van der Waals surface area contributed by atoms with E-state index in [4.69, 9.17) is 25.8 Å². The molecule has 0 aliphatic rings. The topological polar surface area (TPSA) is 27.7 Å². The standard InChI is InChI=1S/C22H18ClF3O3/c23-17-7-11-18(12-8-17)27-13-2-14-28-20-3-1-4-21(15-20)29-19-9-5-16(6-10-19)22(24,25)26/h1,3-12,15H,2,13-14H2. The molecule has 0 bridgehead atoms. The largest absolute Gasteiger partial charge is 0.493 e. The van der Waals surface area contributed by atoms with E-state index in [1.807, 2.05) is 0 Å². The van der Waals surface area contributed by atoms with Crippen LogP contribution in [0.15, 0.2) is 72.8 Å². The average Bonchev–Trinajstić information content (AvgIpc) is 2.69. The maximum Gasteiger partial charge on any atom is 0.416 e. The fourth-order valence-corrected chi connectivity index (χ4v) is 2.57. The second-order valence-corrected chi connectivity index (χ2v) is 6.54. The molecule has 3 rings (SSSR count). The lowest BCUT2D eigenvalue weighted by molar-refractivity contribution is -0.137. The van der Waals surface area contributed by atoms with Gasteiger partial charge in [-0.15, -0.1) is 0 Å². The highest BCUT2D eigenvalue weighted by Crippen LogP contribution is 2.32. The maximum atomic E-state index is 12.6. The molecule has 29 heavy (non-hydrogen) atoms. The molecule has 0 saturated carbocycles. The van der Waals surface area contributed by atoms with E-state index in [0.717, 1.165) is 17.9 Å². The molecule has 0 spiro atoms. The molecule has 0 aliphatic carbocycles. The zero-order valence-electron chi connectivity index (χ0n) is 15.3. The van der Waals surface area contributed by atoms with Crippen molar-refractivity contribution in [2.24, 2.45) is 0 Å². The molecule has 0 N–H and O–H groups in total. The molecular weight excluding hydrogens is 405 g/mol. The summed E-state index contributed by atoms with van der Waals surface area (Å²) in [5.74, 6) is 2.12. The first-order chi connectivity index (χ1) is 13.9. The number of rotatable bonds is 8. The van der Waals surface area contributed by atoms with Gasteiger partial charge in [0.2, 0.25) is 0 Å². The molecule has 0 atom stereocenters. The third-order valence-electron chi connectivity index (χ3n) is 3.86. The zero-order chi connectivity index (χ0) is 20.7. The molecule has 0 unspecified atom stereocenters. The highest BCUT2D eigenvalue weighted by Gasteiger charge is 2.30. The molecule has 3 aromatic rings. The summed E-state index contributed by atoms with van der Waals surface area (Å²) in [6.07, 6.45) is -3.70. The quantitative estimate of drug-likeness (QED) is 0.366. The molecule has 0 aromatic heterocycles. The molecule has 7 heteroatoms. The van der Waals surface area contributed by atoms with Crippen LogP contribution in [0.1, 0.15) is 12.0 Å². The van der Waals surface area contributed by atoms with Crippen molar-refractivity contribution in [3.63, 3.8) is 0 Å². The summed E-state index contributed by atoms with van der Waals surface area (Å²) < 4.78 is 54.7. The van der Waals surface area contributed by atoms with E-state index < -0.39 is 11.7 Å². The molecule has 3 nitrogen and oxygen atoms in total. The van der Waals surface area contributed by atoms with Crippen molar-refractivity contribution in [1.82, 2.24) is 0 Å². The van der Waals surface area contributed by atoms with E-state index in [1.165, 1.54) is 12.1 Å². The predicted molar refractivity (Wildman–Crippen MR) is 105 cm³/mol. The van der Waals surface area contributed by atoms with Crippen LogP contribution in [0.4, 0.5) is 13.2 Å². The van der Waals surface area contributed by atoms with Gasteiger partial charge >= 0.3 is 6.18 Å². The molecule has 0 saturated heterocycles. The summed E-state index contributed by atoms with van der Waals surface area (Å²) in [6.45, 7) is 0.931. The van der Waals surface area contributed by atoms with Gasteiger partial charge in [0, 0.05) is 17.5 Å². The molecule has 0 heterocycles. The Morgan fingerprint density at radius 2 is 1.28 bits per heavy atom. The van der Waals surface area contributed by atoms with Gasteiger partial charge < -0.3 is 14.2 Å². The van der Waals surface area contributed by atoms with E-state index in [9.17, 15) is 13.2 Å². The van der Waals surface area contributed by atoms with Gasteiger partial charge in [-0.25, -0.2) is 0 Å². The summed E-state index contributed by atoms with van der Waals surface area (Å²) in [4.78, 5) is 0. The van der Waals surface area contributed by atoms with E-state index in [-0.39, 0.29) is 0 Å². The average molecular weight is 423 g/mol. The van der Waals surface area contributed by atoms with Gasteiger partial charge in [0.25, 0.3) is 0 Å². The van der Waals surface area contributed by atoms with E-state index >= 15 is 0 Å². The third kappa shape index (κ3) is 6.61. The van der Waals surface area contributed by atoms with Crippen LogP contribution in [0.25, 0.3) is 0 Å². The second-order valence-electron chi connectivity index (χ2n) is 6.10. The van der Waals surface area contributed by atoms with Crippen molar-refractivity contribution in [2.75, 3.05) is 13.2 Å². The van der Waals surface area contributed by atoms with E-state index in [1.54, 1.807) is 48.5 Å².